The van der Waals surface area contributed by atoms with Gasteiger partial charge in [0.05, 0.1) is 33.6 Å². The van der Waals surface area contributed by atoms with Crippen molar-refractivity contribution >= 4 is 56.0 Å². The van der Waals surface area contributed by atoms with Crippen molar-refractivity contribution in [2.24, 2.45) is 7.05 Å². The van der Waals surface area contributed by atoms with Gasteiger partial charge in [-0.1, -0.05) is 23.7 Å². The van der Waals surface area contributed by atoms with Gasteiger partial charge in [0.2, 0.25) is 0 Å². The fourth-order valence-electron chi connectivity index (χ4n) is 5.92. The standard InChI is InChI=1S/C34H38ClN5O3S/c1-7-42-33(41)29(43-34(3,4)5)26-20(2)19-24-30(27(26)21-11-13-22(35)14-12-21)44-32(37-24)23-15-16-25-28(36-23)31(38-39(25)6)40-17-9-8-10-18-40/h11-16,19,29H,7-10,17-18H2,1-6H3/t29-/m0/s1. The number of nitrogens with zero attached hydrogens (tertiary/aromatic N) is 5. The van der Waals surface area contributed by atoms with Crippen LogP contribution in [0.25, 0.3) is 43.1 Å². The van der Waals surface area contributed by atoms with Gasteiger partial charge in [0, 0.05) is 36.3 Å². The Morgan fingerprint density at radius 2 is 1.80 bits per heavy atom. The van der Waals surface area contributed by atoms with Gasteiger partial charge in [-0.05, 0) is 95.3 Å². The highest BCUT2D eigenvalue weighted by Crippen LogP contribution is 2.44. The van der Waals surface area contributed by atoms with Crippen LogP contribution in [0.5, 0.6) is 0 Å². The quantitative estimate of drug-likeness (QED) is 0.167. The summed E-state index contributed by atoms with van der Waals surface area (Å²) in [5.74, 6) is 0.514. The molecule has 10 heteroatoms. The highest BCUT2D eigenvalue weighted by molar-refractivity contribution is 7.22. The molecule has 5 aromatic rings. The van der Waals surface area contributed by atoms with Gasteiger partial charge in [-0.15, -0.1) is 11.3 Å². The zero-order valence-corrected chi connectivity index (χ0v) is 27.7. The van der Waals surface area contributed by atoms with E-state index in [-0.39, 0.29) is 6.61 Å². The van der Waals surface area contributed by atoms with E-state index in [1.165, 1.54) is 6.42 Å². The zero-order valence-electron chi connectivity index (χ0n) is 26.1. The van der Waals surface area contributed by atoms with Crippen molar-refractivity contribution in [2.45, 2.75) is 65.6 Å². The Labute approximate surface area is 267 Å². The number of aryl methyl sites for hydroxylation is 2. The number of benzene rings is 2. The van der Waals surface area contributed by atoms with Crippen LogP contribution >= 0.6 is 22.9 Å². The maximum absolute atomic E-state index is 13.5. The molecule has 0 saturated carbocycles. The molecular weight excluding hydrogens is 594 g/mol. The molecule has 0 aliphatic carbocycles. The predicted molar refractivity (Wildman–Crippen MR) is 179 cm³/mol. The number of carbonyl (C=O) groups is 1. The number of carbonyl (C=O) groups excluding carboxylic acids is 1. The average molecular weight is 632 g/mol. The highest BCUT2D eigenvalue weighted by Gasteiger charge is 2.33. The Kier molecular flexibility index (Phi) is 8.39. The second-order valence-electron chi connectivity index (χ2n) is 12.3. The van der Waals surface area contributed by atoms with Crippen molar-refractivity contribution in [2.75, 3.05) is 24.6 Å². The summed E-state index contributed by atoms with van der Waals surface area (Å²) >= 11 is 7.87. The fourth-order valence-corrected chi connectivity index (χ4v) is 7.14. The van der Waals surface area contributed by atoms with E-state index < -0.39 is 17.7 Å². The lowest BCUT2D eigenvalue weighted by Gasteiger charge is -2.29. The van der Waals surface area contributed by atoms with Gasteiger partial charge < -0.3 is 14.4 Å². The number of aromatic nitrogens is 4. The van der Waals surface area contributed by atoms with Gasteiger partial charge >= 0.3 is 5.97 Å². The SMILES string of the molecule is CCOC(=O)[C@@H](OC(C)(C)C)c1c(C)cc2nc(-c3ccc4c(n3)c(N3CCCCC3)nn4C)sc2c1-c1ccc(Cl)cc1. The molecule has 0 bridgehead atoms. The van der Waals surface area contributed by atoms with Gasteiger partial charge in [-0.25, -0.2) is 14.8 Å². The third-order valence-electron chi connectivity index (χ3n) is 7.85. The third kappa shape index (κ3) is 5.93. The molecule has 0 amide bonds. The van der Waals surface area contributed by atoms with Crippen LogP contribution < -0.4 is 4.90 Å². The first-order valence-electron chi connectivity index (χ1n) is 15.2. The first-order valence-corrected chi connectivity index (χ1v) is 16.4. The second-order valence-corrected chi connectivity index (χ2v) is 13.7. The van der Waals surface area contributed by atoms with Gasteiger partial charge in [0.1, 0.15) is 10.5 Å². The van der Waals surface area contributed by atoms with Gasteiger partial charge in [-0.3, -0.25) is 4.68 Å². The molecule has 6 rings (SSSR count). The van der Waals surface area contributed by atoms with E-state index in [1.807, 2.05) is 75.8 Å². The minimum absolute atomic E-state index is 0.257. The topological polar surface area (TPSA) is 82.4 Å². The van der Waals surface area contributed by atoms with Gasteiger partial charge in [0.25, 0.3) is 0 Å². The molecule has 0 spiro atoms. The largest absolute Gasteiger partial charge is 0.464 e. The Balaban J connectivity index is 1.55. The highest BCUT2D eigenvalue weighted by atomic mass is 35.5. The average Bonchev–Trinajstić information content (AvgIpc) is 3.56. The Bertz CT molecular complexity index is 1830. The summed E-state index contributed by atoms with van der Waals surface area (Å²) in [4.78, 5) is 26.0. The van der Waals surface area contributed by atoms with Crippen LogP contribution in [0.15, 0.2) is 42.5 Å². The zero-order chi connectivity index (χ0) is 31.2. The number of thiazole rings is 1. The van der Waals surface area contributed by atoms with Crippen LogP contribution in [-0.4, -0.2) is 51.0 Å². The summed E-state index contributed by atoms with van der Waals surface area (Å²) in [6.07, 6.45) is 2.65. The van der Waals surface area contributed by atoms with Crippen LogP contribution in [0, 0.1) is 6.92 Å². The number of anilines is 1. The van der Waals surface area contributed by atoms with Crippen LogP contribution in [0.4, 0.5) is 5.82 Å². The molecule has 1 fully saturated rings. The number of rotatable bonds is 7. The molecule has 1 saturated heterocycles. The van der Waals surface area contributed by atoms with E-state index in [1.54, 1.807) is 18.3 Å². The molecule has 0 unspecified atom stereocenters. The number of hydrogen-bond donors (Lipinski definition) is 0. The Hall–Kier alpha value is -3.53. The van der Waals surface area contributed by atoms with E-state index in [2.05, 4.69) is 11.0 Å². The summed E-state index contributed by atoms with van der Waals surface area (Å²) in [6, 6.07) is 13.8. The summed E-state index contributed by atoms with van der Waals surface area (Å²) in [5, 5.41) is 6.28. The number of ether oxygens (including phenoxy) is 2. The van der Waals surface area contributed by atoms with Crippen molar-refractivity contribution in [3.05, 3.63) is 58.6 Å². The normalized spacial score (nSPS) is 14.8. The van der Waals surface area contributed by atoms with E-state index in [0.717, 1.165) is 86.0 Å². The van der Waals surface area contributed by atoms with Gasteiger partial charge in [0.15, 0.2) is 11.9 Å². The fraction of sp³-hybridized carbons (Fsp3) is 0.412. The number of pyridine rings is 1. The minimum Gasteiger partial charge on any atom is -0.464 e. The monoisotopic (exact) mass is 631 g/mol. The molecule has 230 valence electrons. The lowest BCUT2D eigenvalue weighted by Crippen LogP contribution is -2.30. The van der Waals surface area contributed by atoms with E-state index in [4.69, 9.17) is 36.1 Å². The minimum atomic E-state index is -0.924. The smallest absolute Gasteiger partial charge is 0.339 e. The van der Waals surface area contributed by atoms with Crippen LogP contribution in [0.3, 0.4) is 0 Å². The molecule has 1 aliphatic rings. The first kappa shape index (κ1) is 30.5. The molecule has 3 aromatic heterocycles. The van der Waals surface area contributed by atoms with Gasteiger partial charge in [-0.2, -0.15) is 5.10 Å². The molecule has 2 aromatic carbocycles. The number of hydrogen-bond acceptors (Lipinski definition) is 8. The van der Waals surface area contributed by atoms with Crippen molar-refractivity contribution < 1.29 is 14.3 Å². The lowest BCUT2D eigenvalue weighted by molar-refractivity contribution is -0.166. The molecule has 8 nitrogen and oxygen atoms in total. The van der Waals surface area contributed by atoms with Crippen LogP contribution in [-0.2, 0) is 21.3 Å². The molecule has 44 heavy (non-hydrogen) atoms. The Morgan fingerprint density at radius 1 is 1.07 bits per heavy atom. The summed E-state index contributed by atoms with van der Waals surface area (Å²) in [6.45, 7) is 11.9. The molecule has 4 heterocycles. The summed E-state index contributed by atoms with van der Waals surface area (Å²) in [7, 11) is 1.97. The number of halogens is 1. The van der Waals surface area contributed by atoms with E-state index in [9.17, 15) is 4.79 Å². The van der Waals surface area contributed by atoms with Crippen molar-refractivity contribution in [3.8, 4) is 21.8 Å². The van der Waals surface area contributed by atoms with E-state index >= 15 is 0 Å². The summed E-state index contributed by atoms with van der Waals surface area (Å²) < 4.78 is 14.8. The molecule has 1 atom stereocenters. The number of esters is 1. The third-order valence-corrected chi connectivity index (χ3v) is 9.21. The predicted octanol–water partition coefficient (Wildman–Crippen LogP) is 8.28. The maximum atomic E-state index is 13.5. The number of piperidine rings is 1. The maximum Gasteiger partial charge on any atom is 0.339 e. The summed E-state index contributed by atoms with van der Waals surface area (Å²) in [5.41, 5.74) is 6.38. The second kappa shape index (κ2) is 12.1. The first-order chi connectivity index (χ1) is 21.0. The van der Waals surface area contributed by atoms with Crippen molar-refractivity contribution in [3.63, 3.8) is 0 Å². The lowest BCUT2D eigenvalue weighted by atomic mass is 9.91. The van der Waals surface area contributed by atoms with E-state index in [0.29, 0.717) is 5.02 Å². The van der Waals surface area contributed by atoms with Crippen LogP contribution in [0.1, 0.15) is 64.2 Å². The molecule has 1 aliphatic heterocycles. The molecular formula is C34H38ClN5O3S. The molecule has 0 N–H and O–H groups in total. The Morgan fingerprint density at radius 3 is 2.48 bits per heavy atom. The van der Waals surface area contributed by atoms with Crippen molar-refractivity contribution in [1.82, 2.24) is 19.7 Å². The number of fused-ring (bicyclic) bond motifs is 2. The molecule has 0 radical (unpaired) electrons. The van der Waals surface area contributed by atoms with Crippen LogP contribution in [0.2, 0.25) is 5.02 Å². The van der Waals surface area contributed by atoms with Crippen molar-refractivity contribution in [1.29, 1.82) is 0 Å².